The minimum atomic E-state index is -0.478. The Hall–Kier alpha value is -1.35. The zero-order chi connectivity index (χ0) is 11.1. The molecule has 2 aromatic rings. The molecule has 1 aromatic carbocycles. The van der Waals surface area contributed by atoms with Crippen LogP contribution in [0.4, 0.5) is 0 Å². The van der Waals surface area contributed by atoms with Crippen LogP contribution in [0.15, 0.2) is 24.3 Å². The van der Waals surface area contributed by atoms with Crippen molar-refractivity contribution in [2.75, 3.05) is 0 Å². The Morgan fingerprint density at radius 3 is 2.75 bits per heavy atom. The highest BCUT2D eigenvalue weighted by atomic mass is 35.5. The molecular weight excluding hydrogens is 224 g/mol. The smallest absolute Gasteiger partial charge is 0.273 e. The van der Waals surface area contributed by atoms with E-state index in [4.69, 9.17) is 11.6 Å². The second kappa shape index (κ2) is 3.59. The van der Waals surface area contributed by atoms with E-state index in [2.05, 4.69) is 5.10 Å². The molecule has 16 heavy (non-hydrogen) atoms. The molecule has 1 fully saturated rings. The first-order valence-electron chi connectivity index (χ1n) is 5.44. The summed E-state index contributed by atoms with van der Waals surface area (Å²) in [6.07, 6.45) is 3.52. The van der Waals surface area contributed by atoms with Crippen LogP contribution in [0.1, 0.15) is 35.8 Å². The van der Waals surface area contributed by atoms with Crippen LogP contribution in [0, 0.1) is 0 Å². The molecule has 1 saturated carbocycles. The molecule has 3 rings (SSSR count). The van der Waals surface area contributed by atoms with Crippen molar-refractivity contribution in [3.8, 4) is 0 Å². The summed E-state index contributed by atoms with van der Waals surface area (Å²) in [4.78, 5) is 11.3. The van der Waals surface area contributed by atoms with Crippen molar-refractivity contribution in [3.63, 3.8) is 0 Å². The highest BCUT2D eigenvalue weighted by Crippen LogP contribution is 2.34. The average Bonchev–Trinajstić information content (AvgIpc) is 2.56. The number of carbonyl (C=O) groups excluding carboxylic acids is 1. The van der Waals surface area contributed by atoms with Gasteiger partial charge in [0.05, 0.1) is 11.6 Å². The van der Waals surface area contributed by atoms with Gasteiger partial charge in [0.2, 0.25) is 0 Å². The van der Waals surface area contributed by atoms with Gasteiger partial charge >= 0.3 is 0 Å². The molecule has 4 heteroatoms. The Labute approximate surface area is 98.0 Å². The quantitative estimate of drug-likeness (QED) is 0.749. The van der Waals surface area contributed by atoms with Crippen LogP contribution in [0.2, 0.25) is 0 Å². The number of aromatic nitrogens is 2. The number of benzene rings is 1. The molecule has 0 saturated heterocycles. The SMILES string of the molecule is O=C(Cl)c1nn(C2CCC2)c2ccccc12. The Morgan fingerprint density at radius 1 is 1.38 bits per heavy atom. The summed E-state index contributed by atoms with van der Waals surface area (Å²) in [5, 5.41) is 4.72. The van der Waals surface area contributed by atoms with E-state index in [0.717, 1.165) is 23.7 Å². The van der Waals surface area contributed by atoms with Gasteiger partial charge in [-0.3, -0.25) is 9.48 Å². The van der Waals surface area contributed by atoms with Crippen LogP contribution in [0.3, 0.4) is 0 Å². The maximum absolute atomic E-state index is 11.3. The molecule has 1 aliphatic rings. The van der Waals surface area contributed by atoms with E-state index < -0.39 is 5.24 Å². The number of carbonyl (C=O) groups is 1. The van der Waals surface area contributed by atoms with Gasteiger partial charge in [-0.05, 0) is 36.9 Å². The molecule has 0 amide bonds. The van der Waals surface area contributed by atoms with E-state index in [0.29, 0.717) is 11.7 Å². The van der Waals surface area contributed by atoms with E-state index in [1.807, 2.05) is 28.9 Å². The van der Waals surface area contributed by atoms with Crippen LogP contribution in [-0.4, -0.2) is 15.0 Å². The summed E-state index contributed by atoms with van der Waals surface area (Å²) < 4.78 is 1.95. The van der Waals surface area contributed by atoms with Gasteiger partial charge in [0.1, 0.15) is 0 Å². The van der Waals surface area contributed by atoms with Gasteiger partial charge in [-0.2, -0.15) is 5.10 Å². The topological polar surface area (TPSA) is 34.9 Å². The molecule has 0 bridgehead atoms. The van der Waals surface area contributed by atoms with Gasteiger partial charge in [0.15, 0.2) is 5.69 Å². The Morgan fingerprint density at radius 2 is 2.12 bits per heavy atom. The maximum Gasteiger partial charge on any atom is 0.273 e. The Balaban J connectivity index is 2.24. The van der Waals surface area contributed by atoms with Crippen molar-refractivity contribution >= 4 is 27.7 Å². The lowest BCUT2D eigenvalue weighted by Gasteiger charge is -2.26. The lowest BCUT2D eigenvalue weighted by Crippen LogP contribution is -2.18. The summed E-state index contributed by atoms with van der Waals surface area (Å²) in [5.41, 5.74) is 1.39. The standard InChI is InChI=1S/C12H11ClN2O/c13-12(16)11-9-6-1-2-7-10(9)15(14-11)8-4-3-5-8/h1-2,6-8H,3-5H2. The molecule has 82 valence electrons. The van der Waals surface area contributed by atoms with Gasteiger partial charge in [0.25, 0.3) is 5.24 Å². The summed E-state index contributed by atoms with van der Waals surface area (Å²) >= 11 is 5.55. The number of nitrogens with zero attached hydrogens (tertiary/aromatic N) is 2. The normalized spacial score (nSPS) is 16.3. The van der Waals surface area contributed by atoms with Crippen molar-refractivity contribution in [2.24, 2.45) is 0 Å². The first-order valence-corrected chi connectivity index (χ1v) is 5.82. The average molecular weight is 235 g/mol. The highest BCUT2D eigenvalue weighted by molar-refractivity contribution is 6.68. The minimum Gasteiger partial charge on any atom is -0.274 e. The van der Waals surface area contributed by atoms with E-state index in [1.54, 1.807) is 0 Å². The van der Waals surface area contributed by atoms with E-state index >= 15 is 0 Å². The predicted octanol–water partition coefficient (Wildman–Crippen LogP) is 3.14. The zero-order valence-electron chi connectivity index (χ0n) is 8.69. The van der Waals surface area contributed by atoms with E-state index in [-0.39, 0.29) is 0 Å². The van der Waals surface area contributed by atoms with Crippen molar-refractivity contribution in [1.82, 2.24) is 9.78 Å². The monoisotopic (exact) mass is 234 g/mol. The van der Waals surface area contributed by atoms with Crippen molar-refractivity contribution in [2.45, 2.75) is 25.3 Å². The van der Waals surface area contributed by atoms with E-state index in [1.165, 1.54) is 6.42 Å². The first-order chi connectivity index (χ1) is 7.77. The number of rotatable bonds is 2. The van der Waals surface area contributed by atoms with Gasteiger partial charge in [-0.1, -0.05) is 18.2 Å². The Bertz CT molecular complexity index is 557. The molecule has 1 heterocycles. The molecule has 1 aliphatic carbocycles. The van der Waals surface area contributed by atoms with Crippen molar-refractivity contribution in [3.05, 3.63) is 30.0 Å². The molecule has 0 unspecified atom stereocenters. The number of hydrogen-bond donors (Lipinski definition) is 0. The molecule has 3 nitrogen and oxygen atoms in total. The molecule has 0 atom stereocenters. The molecule has 0 spiro atoms. The third-order valence-electron chi connectivity index (χ3n) is 3.22. The molecule has 0 N–H and O–H groups in total. The fraction of sp³-hybridized carbons (Fsp3) is 0.333. The van der Waals surface area contributed by atoms with Crippen LogP contribution >= 0.6 is 11.6 Å². The number of hydrogen-bond acceptors (Lipinski definition) is 2. The lowest BCUT2D eigenvalue weighted by molar-refractivity contribution is 0.107. The minimum absolute atomic E-state index is 0.379. The summed E-state index contributed by atoms with van der Waals surface area (Å²) in [6, 6.07) is 8.19. The van der Waals surface area contributed by atoms with Gasteiger partial charge in [-0.15, -0.1) is 0 Å². The lowest BCUT2D eigenvalue weighted by atomic mass is 9.93. The van der Waals surface area contributed by atoms with Gasteiger partial charge in [-0.25, -0.2) is 0 Å². The Kier molecular flexibility index (Phi) is 2.21. The molecule has 0 aliphatic heterocycles. The molecular formula is C12H11ClN2O. The number of halogens is 1. The van der Waals surface area contributed by atoms with Crippen molar-refractivity contribution in [1.29, 1.82) is 0 Å². The van der Waals surface area contributed by atoms with Crippen LogP contribution < -0.4 is 0 Å². The highest BCUT2D eigenvalue weighted by Gasteiger charge is 2.24. The second-order valence-electron chi connectivity index (χ2n) is 4.17. The fourth-order valence-corrected chi connectivity index (χ4v) is 2.28. The zero-order valence-corrected chi connectivity index (χ0v) is 9.44. The summed E-state index contributed by atoms with van der Waals surface area (Å²) in [7, 11) is 0. The second-order valence-corrected chi connectivity index (χ2v) is 4.51. The van der Waals surface area contributed by atoms with E-state index in [9.17, 15) is 4.79 Å². The first kappa shape index (κ1) is 9.85. The molecule has 0 radical (unpaired) electrons. The molecule has 1 aromatic heterocycles. The fourth-order valence-electron chi connectivity index (χ4n) is 2.14. The van der Waals surface area contributed by atoms with Crippen LogP contribution in [-0.2, 0) is 0 Å². The number of para-hydroxylation sites is 1. The van der Waals surface area contributed by atoms with Gasteiger partial charge < -0.3 is 0 Å². The van der Waals surface area contributed by atoms with Crippen LogP contribution in [0.5, 0.6) is 0 Å². The maximum atomic E-state index is 11.3. The predicted molar refractivity (Wildman–Crippen MR) is 62.8 cm³/mol. The third kappa shape index (κ3) is 1.35. The summed E-state index contributed by atoms with van der Waals surface area (Å²) in [6.45, 7) is 0. The number of fused-ring (bicyclic) bond motifs is 1. The largest absolute Gasteiger partial charge is 0.274 e. The van der Waals surface area contributed by atoms with Crippen molar-refractivity contribution < 1.29 is 4.79 Å². The van der Waals surface area contributed by atoms with Gasteiger partial charge in [0, 0.05) is 5.39 Å². The third-order valence-corrected chi connectivity index (χ3v) is 3.40. The van der Waals surface area contributed by atoms with Crippen LogP contribution in [0.25, 0.3) is 10.9 Å². The summed E-state index contributed by atoms with van der Waals surface area (Å²) in [5.74, 6) is 0.